The van der Waals surface area contributed by atoms with Crippen LogP contribution in [0.2, 0.25) is 5.02 Å². The molecule has 3 N–H and O–H groups in total. The predicted octanol–water partition coefficient (Wildman–Crippen LogP) is 2.19. The Morgan fingerprint density at radius 2 is 1.83 bits per heavy atom. The highest BCUT2D eigenvalue weighted by Crippen LogP contribution is 2.29. The highest BCUT2D eigenvalue weighted by Gasteiger charge is 2.21. The number of hydrogen-bond donors (Lipinski definition) is 3. The molecule has 0 fully saturated rings. The molecule has 1 amide bonds. The Kier molecular flexibility index (Phi) is 8.95. The number of para-hydroxylation sites is 2. The van der Waals surface area contributed by atoms with E-state index < -0.39 is 10.0 Å². The lowest BCUT2D eigenvalue weighted by molar-refractivity contribution is -0.896. The van der Waals surface area contributed by atoms with Crippen molar-refractivity contribution < 1.29 is 22.8 Å². The second-order valence-electron chi connectivity index (χ2n) is 6.77. The van der Waals surface area contributed by atoms with Crippen LogP contribution in [0, 0.1) is 0 Å². The molecule has 0 bridgehead atoms. The third kappa shape index (κ3) is 6.35. The fourth-order valence-electron chi connectivity index (χ4n) is 3.03. The molecule has 0 heterocycles. The van der Waals surface area contributed by atoms with E-state index in [1.807, 2.05) is 0 Å². The van der Waals surface area contributed by atoms with Crippen molar-refractivity contribution in [3.8, 4) is 5.75 Å². The molecule has 0 aliphatic heterocycles. The van der Waals surface area contributed by atoms with Crippen LogP contribution in [0.25, 0.3) is 0 Å². The maximum absolute atomic E-state index is 12.9. The Labute approximate surface area is 183 Å². The minimum Gasteiger partial charge on any atom is -0.495 e. The molecule has 0 saturated heterocycles. The Bertz CT molecular complexity index is 962. The summed E-state index contributed by atoms with van der Waals surface area (Å²) in [6.45, 7) is 7.84. The fourth-order valence-corrected chi connectivity index (χ4v) is 4.62. The molecule has 2 aromatic carbocycles. The van der Waals surface area contributed by atoms with Gasteiger partial charge in [0.25, 0.3) is 15.9 Å². The Morgan fingerprint density at radius 1 is 1.13 bits per heavy atom. The number of sulfonamides is 1. The van der Waals surface area contributed by atoms with Crippen LogP contribution >= 0.6 is 11.6 Å². The molecule has 2 rings (SSSR count). The standard InChI is InChI=1S/C21H28ClN3O4S/c1-4-25(5-2)14-8-13-23-21(26)16-11-12-17(22)20(15-16)30(27,28)24-18-9-6-7-10-19(18)29-3/h6-7,9-12,15,24H,4-5,8,13-14H2,1-3H3,(H,23,26)/p+1. The monoisotopic (exact) mass is 454 g/mol. The van der Waals surface area contributed by atoms with Crippen molar-refractivity contribution in [1.29, 1.82) is 0 Å². The molecule has 2 aromatic rings. The number of methoxy groups -OCH3 is 1. The molecule has 164 valence electrons. The van der Waals surface area contributed by atoms with Crippen molar-refractivity contribution in [1.82, 2.24) is 5.32 Å². The van der Waals surface area contributed by atoms with Gasteiger partial charge in [-0.3, -0.25) is 9.52 Å². The zero-order chi connectivity index (χ0) is 22.1. The van der Waals surface area contributed by atoms with E-state index in [2.05, 4.69) is 23.9 Å². The van der Waals surface area contributed by atoms with Crippen LogP contribution in [0.5, 0.6) is 5.75 Å². The molecule has 0 unspecified atom stereocenters. The van der Waals surface area contributed by atoms with Crippen LogP contribution in [0.3, 0.4) is 0 Å². The molecule has 30 heavy (non-hydrogen) atoms. The summed E-state index contributed by atoms with van der Waals surface area (Å²) in [4.78, 5) is 13.8. The van der Waals surface area contributed by atoms with Crippen LogP contribution in [-0.4, -0.2) is 47.6 Å². The van der Waals surface area contributed by atoms with E-state index >= 15 is 0 Å². The summed E-state index contributed by atoms with van der Waals surface area (Å²) in [5.74, 6) is 0.0383. The minimum atomic E-state index is -4.02. The first-order chi connectivity index (χ1) is 14.3. The number of hydrogen-bond acceptors (Lipinski definition) is 4. The summed E-state index contributed by atoms with van der Waals surface area (Å²) in [6, 6.07) is 10.8. The summed E-state index contributed by atoms with van der Waals surface area (Å²) in [5, 5.41) is 2.86. The Morgan fingerprint density at radius 3 is 2.50 bits per heavy atom. The number of anilines is 1. The highest BCUT2D eigenvalue weighted by molar-refractivity contribution is 7.92. The lowest BCUT2D eigenvalue weighted by Gasteiger charge is -2.15. The Balaban J connectivity index is 2.12. The van der Waals surface area contributed by atoms with E-state index in [-0.39, 0.29) is 27.1 Å². The van der Waals surface area contributed by atoms with E-state index in [0.29, 0.717) is 12.3 Å². The second-order valence-corrected chi connectivity index (χ2v) is 8.83. The normalized spacial score (nSPS) is 11.4. The van der Waals surface area contributed by atoms with Gasteiger partial charge in [0.2, 0.25) is 0 Å². The average Bonchev–Trinajstić information content (AvgIpc) is 2.74. The largest absolute Gasteiger partial charge is 0.495 e. The van der Waals surface area contributed by atoms with Gasteiger partial charge in [0.05, 0.1) is 37.5 Å². The molecule has 0 saturated carbocycles. The number of amides is 1. The summed E-state index contributed by atoms with van der Waals surface area (Å²) in [5.41, 5.74) is 0.514. The first-order valence-corrected chi connectivity index (χ1v) is 11.8. The van der Waals surface area contributed by atoms with E-state index in [1.165, 1.54) is 30.2 Å². The fraction of sp³-hybridized carbons (Fsp3) is 0.381. The molecule has 0 spiro atoms. The van der Waals surface area contributed by atoms with Crippen LogP contribution < -0.4 is 19.7 Å². The van der Waals surface area contributed by atoms with E-state index in [9.17, 15) is 13.2 Å². The van der Waals surface area contributed by atoms with Crippen molar-refractivity contribution in [2.75, 3.05) is 38.0 Å². The predicted molar refractivity (Wildman–Crippen MR) is 119 cm³/mol. The van der Waals surface area contributed by atoms with Crippen molar-refractivity contribution >= 4 is 33.2 Å². The van der Waals surface area contributed by atoms with Crippen LogP contribution in [0.4, 0.5) is 5.69 Å². The third-order valence-electron chi connectivity index (χ3n) is 4.83. The van der Waals surface area contributed by atoms with Gasteiger partial charge in [0, 0.05) is 18.5 Å². The van der Waals surface area contributed by atoms with Gasteiger partial charge in [-0.05, 0) is 44.2 Å². The maximum atomic E-state index is 12.9. The summed E-state index contributed by atoms with van der Waals surface area (Å²) < 4.78 is 33.4. The number of halogens is 1. The molecular formula is C21H29ClN3O4S+. The Hall–Kier alpha value is -2.29. The van der Waals surface area contributed by atoms with Crippen molar-refractivity contribution in [3.63, 3.8) is 0 Å². The average molecular weight is 455 g/mol. The molecule has 0 aliphatic rings. The number of ether oxygens (including phenoxy) is 1. The molecule has 0 aromatic heterocycles. The van der Waals surface area contributed by atoms with Gasteiger partial charge in [-0.25, -0.2) is 8.42 Å². The second kappa shape index (κ2) is 11.2. The lowest BCUT2D eigenvalue weighted by atomic mass is 10.2. The molecule has 0 radical (unpaired) electrons. The van der Waals surface area contributed by atoms with E-state index in [4.69, 9.17) is 16.3 Å². The van der Waals surface area contributed by atoms with Crippen molar-refractivity contribution in [2.45, 2.75) is 25.2 Å². The first kappa shape index (κ1) is 24.0. The van der Waals surface area contributed by atoms with Crippen molar-refractivity contribution in [2.24, 2.45) is 0 Å². The lowest BCUT2D eigenvalue weighted by Crippen LogP contribution is -3.11. The topological polar surface area (TPSA) is 88.9 Å². The van der Waals surface area contributed by atoms with Gasteiger partial charge in [0.15, 0.2) is 0 Å². The summed E-state index contributed by atoms with van der Waals surface area (Å²) >= 11 is 6.13. The smallest absolute Gasteiger partial charge is 0.263 e. The van der Waals surface area contributed by atoms with Gasteiger partial charge in [0.1, 0.15) is 10.6 Å². The minimum absolute atomic E-state index is 0.0269. The van der Waals surface area contributed by atoms with Gasteiger partial charge >= 0.3 is 0 Å². The number of rotatable bonds is 11. The first-order valence-electron chi connectivity index (χ1n) is 9.89. The van der Waals surface area contributed by atoms with Crippen LogP contribution in [0.15, 0.2) is 47.4 Å². The van der Waals surface area contributed by atoms with E-state index in [1.54, 1.807) is 24.3 Å². The maximum Gasteiger partial charge on any atom is 0.263 e. The molecule has 0 atom stereocenters. The van der Waals surface area contributed by atoms with Crippen molar-refractivity contribution in [3.05, 3.63) is 53.1 Å². The van der Waals surface area contributed by atoms with Gasteiger partial charge in [-0.2, -0.15) is 0 Å². The summed E-state index contributed by atoms with van der Waals surface area (Å²) in [6.07, 6.45) is 0.844. The zero-order valence-corrected chi connectivity index (χ0v) is 19.1. The molecule has 7 nitrogen and oxygen atoms in total. The third-order valence-corrected chi connectivity index (χ3v) is 6.67. The number of carbonyl (C=O) groups excluding carboxylic acids is 1. The number of quaternary nitrogens is 1. The van der Waals surface area contributed by atoms with Crippen LogP contribution in [-0.2, 0) is 10.0 Å². The number of benzene rings is 2. The summed E-state index contributed by atoms with van der Waals surface area (Å²) in [7, 11) is -2.57. The molecule has 9 heteroatoms. The SMILES string of the molecule is CC[NH+](CC)CCCNC(=O)c1ccc(Cl)c(S(=O)(=O)Nc2ccccc2OC)c1. The number of nitrogens with one attached hydrogen (secondary N) is 3. The van der Waals surface area contributed by atoms with Gasteiger partial charge < -0.3 is 15.0 Å². The van der Waals surface area contributed by atoms with Crippen LogP contribution in [0.1, 0.15) is 30.6 Å². The number of carbonyl (C=O) groups is 1. The molecular weight excluding hydrogens is 426 g/mol. The molecule has 0 aliphatic carbocycles. The van der Waals surface area contributed by atoms with Gasteiger partial charge in [-0.15, -0.1) is 0 Å². The van der Waals surface area contributed by atoms with Gasteiger partial charge in [-0.1, -0.05) is 23.7 Å². The zero-order valence-electron chi connectivity index (χ0n) is 17.5. The highest BCUT2D eigenvalue weighted by atomic mass is 35.5. The quantitative estimate of drug-likeness (QED) is 0.454. The van der Waals surface area contributed by atoms with E-state index in [0.717, 1.165) is 26.1 Å².